The first-order valence-corrected chi connectivity index (χ1v) is 5.50. The molecular weight excluding hydrogens is 254 g/mol. The van der Waals surface area contributed by atoms with Crippen LogP contribution < -0.4 is 0 Å². The first-order chi connectivity index (χ1) is 7.64. The van der Waals surface area contributed by atoms with Crippen LogP contribution in [0, 0.1) is 10.1 Å². The quantitative estimate of drug-likeness (QED) is 0.460. The van der Waals surface area contributed by atoms with E-state index in [1.54, 1.807) is 0 Å². The SMILES string of the molecule is CC(=O)O.O=[N+]([O-])c1ccc(S(=O)(=O)O)cc1. The Kier molecular flexibility index (Phi) is 5.22. The lowest BCUT2D eigenvalue weighted by Crippen LogP contribution is -1.97. The van der Waals surface area contributed by atoms with Gasteiger partial charge in [-0.15, -0.1) is 0 Å². The van der Waals surface area contributed by atoms with Crippen LogP contribution in [0.15, 0.2) is 29.2 Å². The third kappa shape index (κ3) is 6.22. The first kappa shape index (κ1) is 15.0. The van der Waals surface area contributed by atoms with Crippen molar-refractivity contribution in [1.82, 2.24) is 0 Å². The van der Waals surface area contributed by atoms with Gasteiger partial charge in [0.1, 0.15) is 0 Å². The topological polar surface area (TPSA) is 135 Å². The molecule has 9 heteroatoms. The highest BCUT2D eigenvalue weighted by Crippen LogP contribution is 2.14. The molecule has 0 saturated carbocycles. The number of carboxylic acids is 1. The van der Waals surface area contributed by atoms with E-state index in [0.717, 1.165) is 31.2 Å². The summed E-state index contributed by atoms with van der Waals surface area (Å²) in [6.45, 7) is 1.08. The Morgan fingerprint density at radius 2 is 1.65 bits per heavy atom. The van der Waals surface area contributed by atoms with E-state index in [2.05, 4.69) is 0 Å². The highest BCUT2D eigenvalue weighted by molar-refractivity contribution is 7.85. The zero-order valence-electron chi connectivity index (χ0n) is 8.60. The van der Waals surface area contributed by atoms with Crippen LogP contribution in [0.25, 0.3) is 0 Å². The number of carbonyl (C=O) groups is 1. The molecule has 1 rings (SSSR count). The molecular formula is C8H9NO7S. The average Bonchev–Trinajstić information content (AvgIpc) is 2.15. The number of nitro groups is 1. The van der Waals surface area contributed by atoms with Crippen molar-refractivity contribution in [2.45, 2.75) is 11.8 Å². The fraction of sp³-hybridized carbons (Fsp3) is 0.125. The van der Waals surface area contributed by atoms with Crippen molar-refractivity contribution in [2.75, 3.05) is 0 Å². The van der Waals surface area contributed by atoms with Gasteiger partial charge in [-0.2, -0.15) is 8.42 Å². The fourth-order valence-electron chi connectivity index (χ4n) is 0.740. The van der Waals surface area contributed by atoms with E-state index >= 15 is 0 Å². The zero-order valence-corrected chi connectivity index (χ0v) is 9.42. The number of rotatable bonds is 2. The van der Waals surface area contributed by atoms with Crippen LogP contribution in [-0.2, 0) is 14.9 Å². The van der Waals surface area contributed by atoms with Crippen LogP contribution in [0.2, 0.25) is 0 Å². The predicted octanol–water partition coefficient (Wildman–Crippen LogP) is 0.932. The van der Waals surface area contributed by atoms with Crippen molar-refractivity contribution in [2.24, 2.45) is 0 Å². The largest absolute Gasteiger partial charge is 0.481 e. The number of nitro benzene ring substituents is 1. The van der Waals surface area contributed by atoms with Gasteiger partial charge in [-0.3, -0.25) is 19.5 Å². The van der Waals surface area contributed by atoms with Gasteiger partial charge in [0.15, 0.2) is 0 Å². The number of non-ortho nitro benzene ring substituents is 1. The molecule has 0 fully saturated rings. The molecule has 0 radical (unpaired) electrons. The van der Waals surface area contributed by atoms with Crippen LogP contribution in [0.4, 0.5) is 5.69 Å². The maximum atomic E-state index is 10.5. The summed E-state index contributed by atoms with van der Waals surface area (Å²) in [6, 6.07) is 3.94. The molecule has 0 saturated heterocycles. The smallest absolute Gasteiger partial charge is 0.300 e. The Labute approximate surface area is 96.4 Å². The van der Waals surface area contributed by atoms with Gasteiger partial charge < -0.3 is 5.11 Å². The minimum atomic E-state index is -4.27. The monoisotopic (exact) mass is 263 g/mol. The van der Waals surface area contributed by atoms with Gasteiger partial charge in [0.25, 0.3) is 21.8 Å². The molecule has 0 aliphatic heterocycles. The van der Waals surface area contributed by atoms with Gasteiger partial charge in [-0.1, -0.05) is 0 Å². The van der Waals surface area contributed by atoms with Gasteiger partial charge >= 0.3 is 0 Å². The predicted molar refractivity (Wildman–Crippen MR) is 56.2 cm³/mol. The van der Waals surface area contributed by atoms with E-state index in [1.165, 1.54) is 0 Å². The fourth-order valence-corrected chi connectivity index (χ4v) is 1.22. The normalized spacial score (nSPS) is 10.0. The third-order valence-electron chi connectivity index (χ3n) is 1.35. The minimum absolute atomic E-state index is 0.229. The molecule has 0 amide bonds. The van der Waals surface area contributed by atoms with E-state index in [-0.39, 0.29) is 10.6 Å². The Hall–Kier alpha value is -2.00. The summed E-state index contributed by atoms with van der Waals surface area (Å²) in [5.41, 5.74) is -0.229. The summed E-state index contributed by atoms with van der Waals surface area (Å²) < 4.78 is 29.5. The first-order valence-electron chi connectivity index (χ1n) is 4.06. The van der Waals surface area contributed by atoms with E-state index in [9.17, 15) is 18.5 Å². The Bertz CT molecular complexity index is 501. The zero-order chi connectivity index (χ0) is 13.6. The molecule has 1 aromatic rings. The summed E-state index contributed by atoms with van der Waals surface area (Å²) in [7, 11) is -4.27. The number of nitrogens with zero attached hydrogens (tertiary/aromatic N) is 1. The number of hydrogen-bond acceptors (Lipinski definition) is 5. The minimum Gasteiger partial charge on any atom is -0.481 e. The highest BCUT2D eigenvalue weighted by Gasteiger charge is 2.11. The van der Waals surface area contributed by atoms with Crippen molar-refractivity contribution in [3.63, 3.8) is 0 Å². The van der Waals surface area contributed by atoms with Crippen LogP contribution in [0.3, 0.4) is 0 Å². The van der Waals surface area contributed by atoms with Gasteiger partial charge in [0, 0.05) is 19.1 Å². The highest BCUT2D eigenvalue weighted by atomic mass is 32.2. The molecule has 0 bridgehead atoms. The standard InChI is InChI=1S/C6H5NO5S.C2H4O2/c8-7(9)5-1-3-6(4-2-5)13(10,11)12;1-2(3)4/h1-4H,(H,10,11,12);1H3,(H,3,4). The summed E-state index contributed by atoms with van der Waals surface area (Å²) in [6.07, 6.45) is 0. The van der Waals surface area contributed by atoms with E-state index < -0.39 is 21.0 Å². The average molecular weight is 263 g/mol. The molecule has 8 nitrogen and oxygen atoms in total. The number of hydrogen-bond donors (Lipinski definition) is 2. The lowest BCUT2D eigenvalue weighted by molar-refractivity contribution is -0.384. The maximum Gasteiger partial charge on any atom is 0.300 e. The molecule has 2 N–H and O–H groups in total. The van der Waals surface area contributed by atoms with Gasteiger partial charge in [-0.25, -0.2) is 0 Å². The van der Waals surface area contributed by atoms with Gasteiger partial charge in [0.05, 0.1) is 9.82 Å². The summed E-state index contributed by atoms with van der Waals surface area (Å²) >= 11 is 0. The summed E-state index contributed by atoms with van der Waals surface area (Å²) in [5, 5.41) is 17.6. The van der Waals surface area contributed by atoms with E-state index in [4.69, 9.17) is 14.5 Å². The van der Waals surface area contributed by atoms with Crippen molar-refractivity contribution in [1.29, 1.82) is 0 Å². The number of aliphatic carboxylic acids is 1. The van der Waals surface area contributed by atoms with E-state index in [0.29, 0.717) is 0 Å². The molecule has 94 valence electrons. The summed E-state index contributed by atoms with van der Waals surface area (Å²) in [5.74, 6) is -0.833. The van der Waals surface area contributed by atoms with Crippen LogP contribution in [0.1, 0.15) is 6.92 Å². The third-order valence-corrected chi connectivity index (χ3v) is 2.21. The van der Waals surface area contributed by atoms with Crippen molar-refractivity contribution < 1.29 is 27.8 Å². The Balaban J connectivity index is 0.000000557. The molecule has 0 unspecified atom stereocenters. The second-order valence-corrected chi connectivity index (χ2v) is 4.17. The molecule has 0 aromatic heterocycles. The molecule has 17 heavy (non-hydrogen) atoms. The molecule has 1 aromatic carbocycles. The second-order valence-electron chi connectivity index (χ2n) is 2.75. The summed E-state index contributed by atoms with van der Waals surface area (Å²) in [4.78, 5) is 18.1. The molecule has 0 aliphatic carbocycles. The van der Waals surface area contributed by atoms with Crippen LogP contribution in [-0.4, -0.2) is 29.0 Å². The Morgan fingerprint density at radius 3 is 1.88 bits per heavy atom. The number of benzene rings is 1. The Morgan fingerprint density at radius 1 is 1.29 bits per heavy atom. The molecule has 0 spiro atoms. The van der Waals surface area contributed by atoms with Crippen LogP contribution in [0.5, 0.6) is 0 Å². The lowest BCUT2D eigenvalue weighted by Gasteiger charge is -1.94. The van der Waals surface area contributed by atoms with Gasteiger partial charge in [-0.05, 0) is 12.1 Å². The van der Waals surface area contributed by atoms with Crippen molar-refractivity contribution >= 4 is 21.8 Å². The van der Waals surface area contributed by atoms with Crippen molar-refractivity contribution in [3.05, 3.63) is 34.4 Å². The number of carboxylic acid groups (broad SMARTS) is 1. The molecule has 0 aliphatic rings. The second kappa shape index (κ2) is 5.92. The lowest BCUT2D eigenvalue weighted by atomic mass is 10.3. The maximum absolute atomic E-state index is 10.5. The van der Waals surface area contributed by atoms with Crippen molar-refractivity contribution in [3.8, 4) is 0 Å². The van der Waals surface area contributed by atoms with Crippen LogP contribution >= 0.6 is 0 Å². The molecule has 0 heterocycles. The van der Waals surface area contributed by atoms with E-state index in [1.807, 2.05) is 0 Å². The molecule has 0 atom stereocenters. The van der Waals surface area contributed by atoms with Gasteiger partial charge in [0.2, 0.25) is 0 Å².